The molecule has 7 heteroatoms. The highest BCUT2D eigenvalue weighted by molar-refractivity contribution is 7.89. The van der Waals surface area contributed by atoms with E-state index < -0.39 is 10.0 Å². The zero-order valence-electron chi connectivity index (χ0n) is 18.0. The summed E-state index contributed by atoms with van der Waals surface area (Å²) in [4.78, 5) is 13.4. The topological polar surface area (TPSA) is 66.5 Å². The fourth-order valence-electron chi connectivity index (χ4n) is 3.27. The van der Waals surface area contributed by atoms with Crippen LogP contribution >= 0.6 is 11.6 Å². The van der Waals surface area contributed by atoms with E-state index in [9.17, 15) is 13.2 Å². The van der Waals surface area contributed by atoms with Crippen LogP contribution in [0, 0.1) is 0 Å². The van der Waals surface area contributed by atoms with Crippen LogP contribution < -0.4 is 5.32 Å². The lowest BCUT2D eigenvalue weighted by molar-refractivity contribution is -0.111. The highest BCUT2D eigenvalue weighted by atomic mass is 35.5. The van der Waals surface area contributed by atoms with E-state index in [0.717, 1.165) is 11.1 Å². The fourth-order valence-corrected chi connectivity index (χ4v) is 4.91. The summed E-state index contributed by atoms with van der Waals surface area (Å²) in [6.07, 6.45) is 1.74. The predicted octanol–water partition coefficient (Wildman–Crippen LogP) is 5.55. The first kappa shape index (κ1) is 23.7. The molecule has 0 aliphatic rings. The van der Waals surface area contributed by atoms with Crippen molar-refractivity contribution >= 4 is 44.9 Å². The fraction of sp³-hybridized carbons (Fsp3) is 0.160. The maximum absolute atomic E-state index is 13.2. The van der Waals surface area contributed by atoms with Crippen molar-refractivity contribution in [2.24, 2.45) is 0 Å². The largest absolute Gasteiger partial charge is 0.322 e. The van der Waals surface area contributed by atoms with E-state index in [1.54, 1.807) is 38.1 Å². The molecular formula is C25H25ClN2O3S. The van der Waals surface area contributed by atoms with Gasteiger partial charge in [-0.15, -0.1) is 0 Å². The summed E-state index contributed by atoms with van der Waals surface area (Å²) in [5.74, 6) is -0.324. The summed E-state index contributed by atoms with van der Waals surface area (Å²) in [7, 11) is -3.56. The number of nitrogens with zero attached hydrogens (tertiary/aromatic N) is 1. The number of benzene rings is 3. The minimum absolute atomic E-state index is 0.189. The minimum Gasteiger partial charge on any atom is -0.322 e. The highest BCUT2D eigenvalue weighted by Crippen LogP contribution is 2.25. The first-order chi connectivity index (χ1) is 15.4. The second-order valence-corrected chi connectivity index (χ2v) is 9.36. The Bertz CT molecular complexity index is 1200. The SMILES string of the molecule is CCN(CC)S(=O)(=O)c1ccc(NC(=O)/C(=C/c2ccccc2Cl)c2ccccc2)cc1. The maximum Gasteiger partial charge on any atom is 0.256 e. The molecule has 0 spiro atoms. The van der Waals surface area contributed by atoms with Crippen molar-refractivity contribution in [1.29, 1.82) is 0 Å². The Labute approximate surface area is 194 Å². The van der Waals surface area contributed by atoms with Crippen LogP contribution in [0.2, 0.25) is 5.02 Å². The number of carbonyl (C=O) groups is 1. The average molecular weight is 469 g/mol. The van der Waals surface area contributed by atoms with Gasteiger partial charge in [-0.3, -0.25) is 4.79 Å². The van der Waals surface area contributed by atoms with E-state index in [-0.39, 0.29) is 10.8 Å². The van der Waals surface area contributed by atoms with Crippen molar-refractivity contribution in [2.75, 3.05) is 18.4 Å². The van der Waals surface area contributed by atoms with Crippen molar-refractivity contribution in [3.05, 3.63) is 95.0 Å². The first-order valence-corrected chi connectivity index (χ1v) is 12.1. The quantitative estimate of drug-likeness (QED) is 0.348. The number of sulfonamides is 1. The molecule has 0 unspecified atom stereocenters. The Hall–Kier alpha value is -2.93. The van der Waals surface area contributed by atoms with Crippen molar-refractivity contribution in [1.82, 2.24) is 4.31 Å². The number of amides is 1. The van der Waals surface area contributed by atoms with Crippen LogP contribution in [0.4, 0.5) is 5.69 Å². The molecular weight excluding hydrogens is 444 g/mol. The van der Waals surface area contributed by atoms with Crippen molar-refractivity contribution in [3.8, 4) is 0 Å². The Morgan fingerprint density at radius 3 is 2.09 bits per heavy atom. The van der Waals surface area contributed by atoms with Gasteiger partial charge in [-0.25, -0.2) is 8.42 Å². The van der Waals surface area contributed by atoms with Gasteiger partial charge in [0, 0.05) is 29.4 Å². The molecule has 166 valence electrons. The third kappa shape index (κ3) is 5.46. The lowest BCUT2D eigenvalue weighted by atomic mass is 10.0. The van der Waals surface area contributed by atoms with Gasteiger partial charge in [0.15, 0.2) is 0 Å². The zero-order valence-corrected chi connectivity index (χ0v) is 19.5. The molecule has 0 aliphatic heterocycles. The third-order valence-corrected chi connectivity index (χ3v) is 7.40. The molecule has 0 aromatic heterocycles. The highest BCUT2D eigenvalue weighted by Gasteiger charge is 2.21. The van der Waals surface area contributed by atoms with Gasteiger partial charge in [0.05, 0.1) is 4.90 Å². The van der Waals surface area contributed by atoms with Gasteiger partial charge >= 0.3 is 0 Å². The Balaban J connectivity index is 1.90. The molecule has 32 heavy (non-hydrogen) atoms. The molecule has 1 amide bonds. The molecule has 0 heterocycles. The van der Waals surface area contributed by atoms with Gasteiger partial charge in [-0.2, -0.15) is 4.31 Å². The molecule has 0 atom stereocenters. The van der Waals surface area contributed by atoms with Crippen LogP contribution in [0.1, 0.15) is 25.0 Å². The number of hydrogen-bond donors (Lipinski definition) is 1. The van der Waals surface area contributed by atoms with Gasteiger partial charge in [-0.05, 0) is 47.5 Å². The normalized spacial score (nSPS) is 12.1. The van der Waals surface area contributed by atoms with Crippen LogP contribution in [-0.4, -0.2) is 31.7 Å². The summed E-state index contributed by atoms with van der Waals surface area (Å²) in [6.45, 7) is 4.38. The third-order valence-electron chi connectivity index (χ3n) is 4.99. The molecule has 0 bridgehead atoms. The molecule has 3 aromatic rings. The molecule has 0 aliphatic carbocycles. The van der Waals surface area contributed by atoms with Crippen molar-refractivity contribution < 1.29 is 13.2 Å². The Kier molecular flexibility index (Phi) is 7.85. The van der Waals surface area contributed by atoms with Gasteiger partial charge < -0.3 is 5.32 Å². The minimum atomic E-state index is -3.56. The molecule has 3 rings (SSSR count). The Morgan fingerprint density at radius 2 is 1.50 bits per heavy atom. The molecule has 5 nitrogen and oxygen atoms in total. The summed E-state index contributed by atoms with van der Waals surface area (Å²) in [5.41, 5.74) is 2.41. The van der Waals surface area contributed by atoms with E-state index in [4.69, 9.17) is 11.6 Å². The molecule has 1 N–H and O–H groups in total. The van der Waals surface area contributed by atoms with E-state index in [1.807, 2.05) is 48.5 Å². The van der Waals surface area contributed by atoms with Gasteiger partial charge in [0.2, 0.25) is 10.0 Å². The second kappa shape index (κ2) is 10.6. The average Bonchev–Trinajstić information content (AvgIpc) is 2.80. The Morgan fingerprint density at radius 1 is 0.906 bits per heavy atom. The summed E-state index contributed by atoms with van der Waals surface area (Å²) < 4.78 is 26.7. The number of anilines is 1. The number of nitrogens with one attached hydrogen (secondary N) is 1. The maximum atomic E-state index is 13.2. The van der Waals surface area contributed by atoms with E-state index >= 15 is 0 Å². The van der Waals surface area contributed by atoms with Gasteiger partial charge in [0.25, 0.3) is 5.91 Å². The van der Waals surface area contributed by atoms with Crippen LogP contribution in [-0.2, 0) is 14.8 Å². The van der Waals surface area contributed by atoms with Crippen molar-refractivity contribution in [3.63, 3.8) is 0 Å². The van der Waals surface area contributed by atoms with Gasteiger partial charge in [-0.1, -0.05) is 74.0 Å². The van der Waals surface area contributed by atoms with E-state index in [2.05, 4.69) is 5.32 Å². The zero-order chi connectivity index (χ0) is 23.1. The monoisotopic (exact) mass is 468 g/mol. The van der Waals surface area contributed by atoms with E-state index in [1.165, 1.54) is 16.4 Å². The molecule has 3 aromatic carbocycles. The summed E-state index contributed by atoms with van der Waals surface area (Å²) in [5, 5.41) is 3.40. The molecule has 0 saturated carbocycles. The molecule has 0 saturated heterocycles. The lowest BCUT2D eigenvalue weighted by Crippen LogP contribution is -2.30. The standard InChI is InChI=1S/C25H25ClN2O3S/c1-3-28(4-2)32(30,31)22-16-14-21(15-17-22)27-25(29)23(19-10-6-5-7-11-19)18-20-12-8-9-13-24(20)26/h5-18H,3-4H2,1-2H3,(H,27,29)/b23-18+. The number of rotatable bonds is 8. The smallest absolute Gasteiger partial charge is 0.256 e. The van der Waals surface area contributed by atoms with Crippen LogP contribution in [0.25, 0.3) is 11.6 Å². The van der Waals surface area contributed by atoms with Crippen molar-refractivity contribution in [2.45, 2.75) is 18.7 Å². The predicted molar refractivity (Wildman–Crippen MR) is 131 cm³/mol. The number of halogens is 1. The lowest BCUT2D eigenvalue weighted by Gasteiger charge is -2.18. The van der Waals surface area contributed by atoms with Gasteiger partial charge in [0.1, 0.15) is 0 Å². The van der Waals surface area contributed by atoms with Crippen LogP contribution in [0.5, 0.6) is 0 Å². The van der Waals surface area contributed by atoms with Crippen LogP contribution in [0.3, 0.4) is 0 Å². The molecule has 0 fully saturated rings. The van der Waals surface area contributed by atoms with Crippen LogP contribution in [0.15, 0.2) is 83.8 Å². The number of hydrogen-bond acceptors (Lipinski definition) is 3. The second-order valence-electron chi connectivity index (χ2n) is 7.01. The number of carbonyl (C=O) groups excluding carboxylic acids is 1. The molecule has 0 radical (unpaired) electrons. The summed E-state index contributed by atoms with van der Waals surface area (Å²) >= 11 is 6.29. The summed E-state index contributed by atoms with van der Waals surface area (Å²) in [6, 6.07) is 22.8. The van der Waals surface area contributed by atoms with E-state index in [0.29, 0.717) is 29.4 Å². The first-order valence-electron chi connectivity index (χ1n) is 10.3.